The molecule has 40 heavy (non-hydrogen) atoms. The van der Waals surface area contributed by atoms with Crippen LogP contribution in [0.1, 0.15) is 88.7 Å². The second-order valence-electron chi connectivity index (χ2n) is 11.5. The smallest absolute Gasteiger partial charge is 0.161 e. The molecule has 2 aliphatic carbocycles. The maximum atomic E-state index is 15.3. The van der Waals surface area contributed by atoms with Gasteiger partial charge in [-0.1, -0.05) is 93.7 Å². The molecule has 0 radical (unpaired) electrons. The Kier molecular flexibility index (Phi) is 11.5. The third kappa shape index (κ3) is 7.46. The van der Waals surface area contributed by atoms with Crippen LogP contribution in [0.5, 0.6) is 0 Å². The van der Waals surface area contributed by atoms with Crippen molar-refractivity contribution in [1.82, 2.24) is 0 Å². The van der Waals surface area contributed by atoms with Crippen molar-refractivity contribution in [1.29, 1.82) is 0 Å². The second kappa shape index (κ2) is 15.0. The molecule has 0 bridgehead atoms. The minimum atomic E-state index is -1.81. The highest BCUT2D eigenvalue weighted by Gasteiger charge is 2.37. The molecule has 0 amide bonds. The van der Waals surface area contributed by atoms with Crippen molar-refractivity contribution in [3.05, 3.63) is 83.5 Å². The Labute approximate surface area is 237 Å². The van der Waals surface area contributed by atoms with E-state index < -0.39 is 30.8 Å². The summed E-state index contributed by atoms with van der Waals surface area (Å²) in [5, 5.41) is 0. The van der Waals surface area contributed by atoms with E-state index in [1.54, 1.807) is 48.6 Å². The van der Waals surface area contributed by atoms with Crippen molar-refractivity contribution in [2.45, 2.75) is 108 Å². The standard InChI is InChI=1S/C35H44F4O/c1-3-5-7-8-9-10-12-27-18-19-28(33(37)32(27)36)25-14-16-26(17-15-25)29-20-21-30(35(39)34(29)38)31-22-13-24(23-40-31)11-6-4-2/h4,14-21,24,31-35H,2-3,5-13,22-23H2,1H3. The molecular formula is C35H44F4O. The molecule has 4 rings (SSSR count). The molecule has 6 atom stereocenters. The zero-order valence-corrected chi connectivity index (χ0v) is 23.8. The predicted molar refractivity (Wildman–Crippen MR) is 158 cm³/mol. The molecule has 0 spiro atoms. The van der Waals surface area contributed by atoms with Crippen molar-refractivity contribution in [3.63, 3.8) is 0 Å². The van der Waals surface area contributed by atoms with Crippen LogP contribution in [0.25, 0.3) is 11.1 Å². The minimum Gasteiger partial charge on any atom is -0.373 e. The quantitative estimate of drug-likeness (QED) is 0.133. The number of hydrogen-bond donors (Lipinski definition) is 0. The van der Waals surface area contributed by atoms with E-state index in [9.17, 15) is 4.39 Å². The number of allylic oxidation sites excluding steroid dienone is 8. The minimum absolute atomic E-state index is 0.251. The summed E-state index contributed by atoms with van der Waals surface area (Å²) in [5.41, 5.74) is 2.50. The molecule has 0 saturated carbocycles. The van der Waals surface area contributed by atoms with E-state index in [1.165, 1.54) is 19.3 Å². The molecule has 3 aliphatic rings. The largest absolute Gasteiger partial charge is 0.373 e. The number of benzene rings is 1. The highest BCUT2D eigenvalue weighted by Crippen LogP contribution is 2.39. The summed E-state index contributed by atoms with van der Waals surface area (Å²) in [7, 11) is 0. The van der Waals surface area contributed by atoms with E-state index in [1.807, 2.05) is 6.08 Å². The molecule has 1 saturated heterocycles. The summed E-state index contributed by atoms with van der Waals surface area (Å²) in [5.74, 6) is 0.431. The second-order valence-corrected chi connectivity index (χ2v) is 11.5. The molecule has 1 aromatic rings. The van der Waals surface area contributed by atoms with Gasteiger partial charge in [0.1, 0.15) is 0 Å². The zero-order valence-electron chi connectivity index (χ0n) is 23.8. The first-order valence-electron chi connectivity index (χ1n) is 15.2. The van der Waals surface area contributed by atoms with Gasteiger partial charge in [-0.25, -0.2) is 17.6 Å². The van der Waals surface area contributed by atoms with Crippen LogP contribution < -0.4 is 0 Å². The van der Waals surface area contributed by atoms with Crippen LogP contribution >= 0.6 is 0 Å². The van der Waals surface area contributed by atoms with Gasteiger partial charge in [0.2, 0.25) is 0 Å². The summed E-state index contributed by atoms with van der Waals surface area (Å²) in [4.78, 5) is 0. The molecule has 0 N–H and O–H groups in total. The summed E-state index contributed by atoms with van der Waals surface area (Å²) in [6.07, 6.45) is 11.9. The number of unbranched alkanes of at least 4 members (excludes halogenated alkanes) is 5. The normalized spacial score (nSPS) is 28.8. The lowest BCUT2D eigenvalue weighted by atomic mass is 9.83. The molecule has 218 valence electrons. The van der Waals surface area contributed by atoms with Crippen LogP contribution in [0, 0.1) is 5.92 Å². The van der Waals surface area contributed by atoms with E-state index in [-0.39, 0.29) is 11.1 Å². The monoisotopic (exact) mass is 556 g/mol. The number of rotatable bonds is 13. The number of hydrogen-bond acceptors (Lipinski definition) is 1. The van der Waals surface area contributed by atoms with E-state index >= 15 is 13.2 Å². The number of ether oxygens (including phenoxy) is 1. The maximum Gasteiger partial charge on any atom is 0.161 e. The SMILES string of the molecule is C=CCCC1CCC(C2=CC=C(c3ccc(C4=CC=C(CCCCCCCC)C(F)C4F)cc3)C(F)C2F)OC1. The van der Waals surface area contributed by atoms with E-state index in [0.29, 0.717) is 47.6 Å². The number of alkyl halides is 4. The van der Waals surface area contributed by atoms with Gasteiger partial charge in [0.05, 0.1) is 12.7 Å². The average molecular weight is 557 g/mol. The molecule has 1 aromatic carbocycles. The van der Waals surface area contributed by atoms with Gasteiger partial charge in [-0.3, -0.25) is 0 Å². The van der Waals surface area contributed by atoms with Gasteiger partial charge in [0, 0.05) is 0 Å². The summed E-state index contributed by atoms with van der Waals surface area (Å²) in [6, 6.07) is 6.66. The van der Waals surface area contributed by atoms with E-state index in [4.69, 9.17) is 4.74 Å². The van der Waals surface area contributed by atoms with E-state index in [0.717, 1.165) is 38.5 Å². The molecule has 0 aromatic heterocycles. The highest BCUT2D eigenvalue weighted by molar-refractivity contribution is 5.77. The van der Waals surface area contributed by atoms with Gasteiger partial charge in [-0.15, -0.1) is 6.58 Å². The van der Waals surface area contributed by atoms with Gasteiger partial charge in [0.25, 0.3) is 0 Å². The maximum absolute atomic E-state index is 15.3. The van der Waals surface area contributed by atoms with Gasteiger partial charge in [-0.2, -0.15) is 0 Å². The fraction of sp³-hybridized carbons (Fsp3) is 0.543. The third-order valence-corrected chi connectivity index (χ3v) is 8.60. The first-order chi connectivity index (χ1) is 19.4. The zero-order chi connectivity index (χ0) is 28.5. The van der Waals surface area contributed by atoms with Crippen molar-refractivity contribution in [2.75, 3.05) is 6.61 Å². The summed E-state index contributed by atoms with van der Waals surface area (Å²) < 4.78 is 66.5. The Morgan fingerprint density at radius 3 is 2.02 bits per heavy atom. The lowest BCUT2D eigenvalue weighted by Gasteiger charge is -2.34. The average Bonchev–Trinajstić information content (AvgIpc) is 2.98. The van der Waals surface area contributed by atoms with Gasteiger partial charge in [-0.05, 0) is 77.9 Å². The topological polar surface area (TPSA) is 9.23 Å². The Morgan fingerprint density at radius 2 is 1.40 bits per heavy atom. The first kappa shape index (κ1) is 30.6. The van der Waals surface area contributed by atoms with Gasteiger partial charge >= 0.3 is 0 Å². The van der Waals surface area contributed by atoms with Crippen LogP contribution in [0.15, 0.2) is 72.4 Å². The van der Waals surface area contributed by atoms with Crippen LogP contribution in [0.4, 0.5) is 17.6 Å². The Bertz CT molecular complexity index is 1090. The number of halogens is 4. The van der Waals surface area contributed by atoms with Crippen molar-refractivity contribution >= 4 is 11.1 Å². The van der Waals surface area contributed by atoms with Crippen LogP contribution in [0.3, 0.4) is 0 Å². The molecule has 1 heterocycles. The van der Waals surface area contributed by atoms with Crippen LogP contribution in [-0.2, 0) is 4.74 Å². The van der Waals surface area contributed by atoms with Crippen LogP contribution in [0.2, 0.25) is 0 Å². The lowest BCUT2D eigenvalue weighted by Crippen LogP contribution is -2.35. The summed E-state index contributed by atoms with van der Waals surface area (Å²) in [6.45, 7) is 6.48. The molecule has 1 nitrogen and oxygen atoms in total. The van der Waals surface area contributed by atoms with Gasteiger partial charge < -0.3 is 4.74 Å². The molecule has 1 aliphatic heterocycles. The molecule has 6 unspecified atom stereocenters. The van der Waals surface area contributed by atoms with Crippen molar-refractivity contribution in [3.8, 4) is 0 Å². The lowest BCUT2D eigenvalue weighted by molar-refractivity contribution is -0.00636. The molecular weight excluding hydrogens is 512 g/mol. The Hall–Kier alpha value is -2.40. The summed E-state index contributed by atoms with van der Waals surface area (Å²) >= 11 is 0. The molecule has 1 fully saturated rings. The van der Waals surface area contributed by atoms with Crippen molar-refractivity contribution in [2.24, 2.45) is 5.92 Å². The Morgan fingerprint density at radius 1 is 0.775 bits per heavy atom. The molecule has 5 heteroatoms. The fourth-order valence-electron chi connectivity index (χ4n) is 6.05. The third-order valence-electron chi connectivity index (χ3n) is 8.60. The highest BCUT2D eigenvalue weighted by atomic mass is 19.2. The van der Waals surface area contributed by atoms with E-state index in [2.05, 4.69) is 13.5 Å². The first-order valence-corrected chi connectivity index (χ1v) is 15.2. The fourth-order valence-corrected chi connectivity index (χ4v) is 6.05. The van der Waals surface area contributed by atoms with Crippen molar-refractivity contribution < 1.29 is 22.3 Å². The Balaban J connectivity index is 1.39. The van der Waals surface area contributed by atoms with Gasteiger partial charge in [0.15, 0.2) is 24.7 Å². The van der Waals surface area contributed by atoms with Crippen LogP contribution in [-0.4, -0.2) is 37.4 Å². The predicted octanol–water partition coefficient (Wildman–Crippen LogP) is 10.2.